The van der Waals surface area contributed by atoms with E-state index in [2.05, 4.69) is 24.8 Å². The minimum absolute atomic E-state index is 0.326. The van der Waals surface area contributed by atoms with Crippen LogP contribution in [0.15, 0.2) is 18.2 Å². The minimum atomic E-state index is 0.326. The van der Waals surface area contributed by atoms with Crippen molar-refractivity contribution in [2.45, 2.75) is 26.3 Å². The van der Waals surface area contributed by atoms with Crippen molar-refractivity contribution in [3.8, 4) is 11.5 Å². The van der Waals surface area contributed by atoms with Crippen molar-refractivity contribution < 1.29 is 9.47 Å². The van der Waals surface area contributed by atoms with Crippen LogP contribution < -0.4 is 15.2 Å². The van der Waals surface area contributed by atoms with E-state index in [9.17, 15) is 0 Å². The number of ether oxygens (including phenoxy) is 2. The van der Waals surface area contributed by atoms with Gasteiger partial charge in [0, 0.05) is 24.2 Å². The van der Waals surface area contributed by atoms with E-state index in [0.717, 1.165) is 37.1 Å². The van der Waals surface area contributed by atoms with Gasteiger partial charge in [0.1, 0.15) is 11.5 Å². The highest BCUT2D eigenvalue weighted by Gasteiger charge is 2.29. The van der Waals surface area contributed by atoms with Gasteiger partial charge in [-0.25, -0.2) is 0 Å². The van der Waals surface area contributed by atoms with Crippen LogP contribution in [-0.2, 0) is 0 Å². The van der Waals surface area contributed by atoms with Gasteiger partial charge in [-0.3, -0.25) is 4.90 Å². The molecule has 0 aliphatic carbocycles. The molecule has 1 fully saturated rings. The van der Waals surface area contributed by atoms with Gasteiger partial charge in [0.15, 0.2) is 0 Å². The van der Waals surface area contributed by atoms with E-state index in [1.807, 2.05) is 12.1 Å². The highest BCUT2D eigenvalue weighted by atomic mass is 16.5. The molecule has 0 saturated carbocycles. The van der Waals surface area contributed by atoms with E-state index in [1.165, 1.54) is 12.0 Å². The zero-order valence-corrected chi connectivity index (χ0v) is 13.6. The number of nitrogens with two attached hydrogens (primary N) is 1. The van der Waals surface area contributed by atoms with E-state index in [-0.39, 0.29) is 0 Å². The average Bonchev–Trinajstić information content (AvgIpc) is 2.54. The van der Waals surface area contributed by atoms with Crippen LogP contribution in [0.3, 0.4) is 0 Å². The van der Waals surface area contributed by atoms with Gasteiger partial charge in [0.25, 0.3) is 0 Å². The molecule has 3 unspecified atom stereocenters. The van der Waals surface area contributed by atoms with Gasteiger partial charge in [-0.05, 0) is 44.3 Å². The second-order valence-electron chi connectivity index (χ2n) is 6.04. The Morgan fingerprint density at radius 1 is 1.33 bits per heavy atom. The Labute approximate surface area is 128 Å². The van der Waals surface area contributed by atoms with Gasteiger partial charge >= 0.3 is 0 Å². The van der Waals surface area contributed by atoms with E-state index in [4.69, 9.17) is 15.2 Å². The summed E-state index contributed by atoms with van der Waals surface area (Å²) < 4.78 is 10.8. The summed E-state index contributed by atoms with van der Waals surface area (Å²) >= 11 is 0. The normalized spacial score (nSPS) is 24.6. The van der Waals surface area contributed by atoms with Gasteiger partial charge in [-0.2, -0.15) is 0 Å². The number of methoxy groups -OCH3 is 2. The van der Waals surface area contributed by atoms with E-state index in [1.54, 1.807) is 14.2 Å². The first kappa shape index (κ1) is 16.1. The Bertz CT molecular complexity index is 464. The second kappa shape index (κ2) is 7.14. The van der Waals surface area contributed by atoms with Crippen LogP contribution in [0.1, 0.15) is 31.9 Å². The number of likely N-dealkylation sites (tertiary alicyclic amines) is 1. The Morgan fingerprint density at radius 2 is 2.10 bits per heavy atom. The largest absolute Gasteiger partial charge is 0.497 e. The first-order valence-corrected chi connectivity index (χ1v) is 7.76. The molecule has 21 heavy (non-hydrogen) atoms. The van der Waals surface area contributed by atoms with Crippen LogP contribution in [0.5, 0.6) is 11.5 Å². The van der Waals surface area contributed by atoms with E-state index < -0.39 is 0 Å². The lowest BCUT2D eigenvalue weighted by molar-refractivity contribution is 0.0967. The van der Waals surface area contributed by atoms with Gasteiger partial charge in [0.05, 0.1) is 14.2 Å². The summed E-state index contributed by atoms with van der Waals surface area (Å²) in [5.41, 5.74) is 7.13. The predicted octanol–water partition coefficient (Wildman–Crippen LogP) is 2.68. The molecule has 1 aromatic carbocycles. The second-order valence-corrected chi connectivity index (χ2v) is 6.04. The van der Waals surface area contributed by atoms with Crippen molar-refractivity contribution in [2.75, 3.05) is 33.9 Å². The molecule has 1 aromatic rings. The van der Waals surface area contributed by atoms with Crippen molar-refractivity contribution in [3.63, 3.8) is 0 Å². The summed E-state index contributed by atoms with van der Waals surface area (Å²) in [7, 11) is 3.39. The smallest absolute Gasteiger partial charge is 0.127 e. The zero-order valence-electron chi connectivity index (χ0n) is 13.6. The van der Waals surface area contributed by atoms with Gasteiger partial charge < -0.3 is 15.2 Å². The monoisotopic (exact) mass is 292 g/mol. The average molecular weight is 292 g/mol. The quantitative estimate of drug-likeness (QED) is 0.906. The molecule has 0 bridgehead atoms. The van der Waals surface area contributed by atoms with Crippen molar-refractivity contribution in [2.24, 2.45) is 17.6 Å². The lowest BCUT2D eigenvalue weighted by atomic mass is 9.86. The molecule has 0 amide bonds. The molecule has 0 radical (unpaired) electrons. The SMILES string of the molecule is COc1ccc(C(C)N2CCC(C)C(CN)C2)c(OC)c1. The lowest BCUT2D eigenvalue weighted by Gasteiger charge is -2.40. The van der Waals surface area contributed by atoms with Crippen LogP contribution in [0, 0.1) is 11.8 Å². The Kier molecular flexibility index (Phi) is 5.48. The number of piperidine rings is 1. The number of nitrogens with zero attached hydrogens (tertiary/aromatic N) is 1. The fraction of sp³-hybridized carbons (Fsp3) is 0.647. The summed E-state index contributed by atoms with van der Waals surface area (Å²) in [5.74, 6) is 3.03. The Hall–Kier alpha value is -1.26. The molecule has 4 nitrogen and oxygen atoms in total. The summed E-state index contributed by atoms with van der Waals surface area (Å²) in [6.45, 7) is 7.51. The molecule has 0 aromatic heterocycles. The van der Waals surface area contributed by atoms with Crippen LogP contribution >= 0.6 is 0 Å². The van der Waals surface area contributed by atoms with Gasteiger partial charge in [-0.1, -0.05) is 13.0 Å². The molecule has 1 heterocycles. The molecule has 2 rings (SSSR count). The maximum absolute atomic E-state index is 5.92. The van der Waals surface area contributed by atoms with E-state index >= 15 is 0 Å². The topological polar surface area (TPSA) is 47.7 Å². The third-order valence-electron chi connectivity index (χ3n) is 4.89. The highest BCUT2D eigenvalue weighted by Crippen LogP contribution is 2.35. The van der Waals surface area contributed by atoms with Crippen molar-refractivity contribution in [3.05, 3.63) is 23.8 Å². The lowest BCUT2D eigenvalue weighted by Crippen LogP contribution is -2.43. The summed E-state index contributed by atoms with van der Waals surface area (Å²) in [6.07, 6.45) is 1.21. The first-order valence-electron chi connectivity index (χ1n) is 7.76. The molecule has 1 aliphatic heterocycles. The molecule has 0 spiro atoms. The molecule has 1 saturated heterocycles. The molecule has 4 heteroatoms. The number of hydrogen-bond acceptors (Lipinski definition) is 4. The summed E-state index contributed by atoms with van der Waals surface area (Å²) in [5, 5.41) is 0. The zero-order chi connectivity index (χ0) is 15.4. The Balaban J connectivity index is 2.17. The highest BCUT2D eigenvalue weighted by molar-refractivity contribution is 5.42. The molecule has 118 valence electrons. The standard InChI is InChI=1S/C17H28N2O2/c1-12-7-8-19(11-14(12)10-18)13(2)16-6-5-15(20-3)9-17(16)21-4/h5-6,9,12-14H,7-8,10-11,18H2,1-4H3. The van der Waals surface area contributed by atoms with E-state index in [0.29, 0.717) is 12.0 Å². The summed E-state index contributed by atoms with van der Waals surface area (Å²) in [4.78, 5) is 2.52. The molecular weight excluding hydrogens is 264 g/mol. The maximum Gasteiger partial charge on any atom is 0.127 e. The van der Waals surface area contributed by atoms with Crippen LogP contribution in [-0.4, -0.2) is 38.8 Å². The molecular formula is C17H28N2O2. The van der Waals surface area contributed by atoms with Crippen LogP contribution in [0.25, 0.3) is 0 Å². The predicted molar refractivity (Wildman–Crippen MR) is 85.9 cm³/mol. The van der Waals surface area contributed by atoms with Gasteiger partial charge in [-0.15, -0.1) is 0 Å². The molecule has 1 aliphatic rings. The molecule has 2 N–H and O–H groups in total. The van der Waals surface area contributed by atoms with Gasteiger partial charge in [0.2, 0.25) is 0 Å². The first-order chi connectivity index (χ1) is 10.1. The van der Waals surface area contributed by atoms with Crippen molar-refractivity contribution in [1.82, 2.24) is 4.90 Å². The van der Waals surface area contributed by atoms with Crippen molar-refractivity contribution >= 4 is 0 Å². The number of rotatable bonds is 5. The number of hydrogen-bond donors (Lipinski definition) is 1. The fourth-order valence-corrected chi connectivity index (χ4v) is 3.20. The third-order valence-corrected chi connectivity index (χ3v) is 4.89. The van der Waals surface area contributed by atoms with Crippen LogP contribution in [0.2, 0.25) is 0 Å². The molecule has 3 atom stereocenters. The van der Waals surface area contributed by atoms with Crippen LogP contribution in [0.4, 0.5) is 0 Å². The fourth-order valence-electron chi connectivity index (χ4n) is 3.20. The minimum Gasteiger partial charge on any atom is -0.497 e. The van der Waals surface area contributed by atoms with Crippen molar-refractivity contribution in [1.29, 1.82) is 0 Å². The number of benzene rings is 1. The summed E-state index contributed by atoms with van der Waals surface area (Å²) in [6, 6.07) is 6.39. The Morgan fingerprint density at radius 3 is 2.71 bits per heavy atom. The third kappa shape index (κ3) is 3.50. The maximum atomic E-state index is 5.92.